The van der Waals surface area contributed by atoms with Crippen molar-refractivity contribution in [2.75, 3.05) is 31.1 Å². The summed E-state index contributed by atoms with van der Waals surface area (Å²) < 4.78 is 0. The molecule has 1 spiro atoms. The van der Waals surface area contributed by atoms with Crippen molar-refractivity contribution in [2.24, 2.45) is 5.41 Å². The number of hydrogen-bond donors (Lipinski definition) is 1. The van der Waals surface area contributed by atoms with Crippen LogP contribution < -0.4 is 10.2 Å². The third-order valence-electron chi connectivity index (χ3n) is 4.75. The first-order chi connectivity index (χ1) is 9.95. The number of nitriles is 1. The Balaban J connectivity index is 2.07. The number of anilines is 1. The highest BCUT2D eigenvalue weighted by Crippen LogP contribution is 2.48. The van der Waals surface area contributed by atoms with Crippen molar-refractivity contribution in [2.45, 2.75) is 39.0 Å². The van der Waals surface area contributed by atoms with E-state index in [-0.39, 0.29) is 10.8 Å². The Morgan fingerprint density at radius 1 is 1.29 bits per heavy atom. The van der Waals surface area contributed by atoms with Gasteiger partial charge in [-0.05, 0) is 43.5 Å². The Morgan fingerprint density at radius 3 is 2.62 bits per heavy atom. The second-order valence-electron chi connectivity index (χ2n) is 7.76. The van der Waals surface area contributed by atoms with Crippen LogP contribution in [0.3, 0.4) is 0 Å². The normalized spacial score (nSPS) is 20.4. The topological polar surface area (TPSA) is 39.1 Å². The van der Waals surface area contributed by atoms with Crippen molar-refractivity contribution in [3.05, 3.63) is 29.3 Å². The number of nitrogens with one attached hydrogen (secondary N) is 1. The van der Waals surface area contributed by atoms with E-state index in [1.807, 2.05) is 12.1 Å². The first kappa shape index (κ1) is 14.4. The summed E-state index contributed by atoms with van der Waals surface area (Å²) in [6.45, 7) is 11.1. The van der Waals surface area contributed by atoms with Crippen LogP contribution in [0.1, 0.15) is 44.7 Å². The molecule has 3 nitrogen and oxygen atoms in total. The van der Waals surface area contributed by atoms with E-state index in [2.05, 4.69) is 43.1 Å². The van der Waals surface area contributed by atoms with Crippen molar-refractivity contribution in [1.82, 2.24) is 5.32 Å². The summed E-state index contributed by atoms with van der Waals surface area (Å²) in [6, 6.07) is 8.67. The molecule has 1 saturated heterocycles. The lowest BCUT2D eigenvalue weighted by Crippen LogP contribution is -2.44. The zero-order valence-corrected chi connectivity index (χ0v) is 13.4. The Kier molecular flexibility index (Phi) is 3.45. The summed E-state index contributed by atoms with van der Waals surface area (Å²) in [4.78, 5) is 2.52. The predicted molar refractivity (Wildman–Crippen MR) is 86.6 cm³/mol. The van der Waals surface area contributed by atoms with Crippen LogP contribution >= 0.6 is 0 Å². The Morgan fingerprint density at radius 2 is 2.00 bits per heavy atom. The molecular weight excluding hydrogens is 258 g/mol. The summed E-state index contributed by atoms with van der Waals surface area (Å²) in [5.74, 6) is 0. The van der Waals surface area contributed by atoms with Crippen LogP contribution in [0.4, 0.5) is 5.69 Å². The van der Waals surface area contributed by atoms with Crippen LogP contribution in [0.2, 0.25) is 0 Å². The lowest BCUT2D eigenvalue weighted by Gasteiger charge is -2.36. The largest absolute Gasteiger partial charge is 0.370 e. The Labute approximate surface area is 128 Å². The fourth-order valence-electron chi connectivity index (χ4n) is 4.01. The Hall–Kier alpha value is -1.53. The lowest BCUT2D eigenvalue weighted by molar-refractivity contribution is 0.314. The fraction of sp³-hybridized carbons (Fsp3) is 0.611. The predicted octanol–water partition coefficient (Wildman–Crippen LogP) is 3.05. The summed E-state index contributed by atoms with van der Waals surface area (Å²) in [5.41, 5.74) is 3.94. The van der Waals surface area contributed by atoms with Gasteiger partial charge in [0, 0.05) is 29.8 Å². The highest BCUT2D eigenvalue weighted by molar-refractivity contribution is 5.68. The van der Waals surface area contributed by atoms with Crippen molar-refractivity contribution in [1.29, 1.82) is 5.26 Å². The van der Waals surface area contributed by atoms with Gasteiger partial charge >= 0.3 is 0 Å². The highest BCUT2D eigenvalue weighted by Gasteiger charge is 2.45. The van der Waals surface area contributed by atoms with Crippen molar-refractivity contribution in [3.8, 4) is 6.07 Å². The molecule has 2 aliphatic heterocycles. The van der Waals surface area contributed by atoms with Crippen LogP contribution in [0, 0.1) is 16.7 Å². The number of hydrogen-bond acceptors (Lipinski definition) is 3. The maximum absolute atomic E-state index is 9.55. The molecule has 0 unspecified atom stereocenters. The number of fused-ring (bicyclic) bond motifs is 2. The van der Waals surface area contributed by atoms with Crippen LogP contribution in [0.25, 0.3) is 0 Å². The zero-order chi connectivity index (χ0) is 15.1. The second kappa shape index (κ2) is 5.03. The van der Waals surface area contributed by atoms with E-state index in [1.54, 1.807) is 0 Å². The highest BCUT2D eigenvalue weighted by atomic mass is 15.2. The molecule has 21 heavy (non-hydrogen) atoms. The molecule has 1 fully saturated rings. The van der Waals surface area contributed by atoms with Gasteiger partial charge in [-0.3, -0.25) is 0 Å². The average molecular weight is 283 g/mol. The van der Waals surface area contributed by atoms with E-state index < -0.39 is 0 Å². The van der Waals surface area contributed by atoms with Gasteiger partial charge in [-0.15, -0.1) is 0 Å². The van der Waals surface area contributed by atoms with Gasteiger partial charge in [-0.1, -0.05) is 26.8 Å². The molecule has 0 bridgehead atoms. The molecule has 3 rings (SSSR count). The van der Waals surface area contributed by atoms with Crippen molar-refractivity contribution >= 4 is 5.69 Å². The molecule has 0 saturated carbocycles. The monoisotopic (exact) mass is 283 g/mol. The maximum atomic E-state index is 9.55. The Bertz CT molecular complexity index is 571. The SMILES string of the molecule is CC(C)(C)CN1CC2(CCNCC2)c2c(C#N)cccc21. The third-order valence-corrected chi connectivity index (χ3v) is 4.75. The van der Waals surface area contributed by atoms with Crippen molar-refractivity contribution < 1.29 is 0 Å². The van der Waals surface area contributed by atoms with E-state index in [4.69, 9.17) is 0 Å². The van der Waals surface area contributed by atoms with Gasteiger partial charge in [0.25, 0.3) is 0 Å². The molecule has 0 aliphatic carbocycles. The maximum Gasteiger partial charge on any atom is 0.0995 e. The molecule has 0 atom stereocenters. The van der Waals surface area contributed by atoms with E-state index in [0.29, 0.717) is 0 Å². The number of benzene rings is 1. The van der Waals surface area contributed by atoms with Crippen LogP contribution in [0.15, 0.2) is 18.2 Å². The van der Waals surface area contributed by atoms with E-state index in [0.717, 1.165) is 44.6 Å². The summed E-state index contributed by atoms with van der Waals surface area (Å²) >= 11 is 0. The summed E-state index contributed by atoms with van der Waals surface area (Å²) in [5, 5.41) is 13.0. The van der Waals surface area contributed by atoms with Crippen LogP contribution in [-0.2, 0) is 5.41 Å². The molecule has 0 radical (unpaired) electrons. The van der Waals surface area contributed by atoms with Crippen LogP contribution in [-0.4, -0.2) is 26.2 Å². The zero-order valence-electron chi connectivity index (χ0n) is 13.4. The molecule has 1 aromatic rings. The quantitative estimate of drug-likeness (QED) is 0.861. The fourth-order valence-corrected chi connectivity index (χ4v) is 4.01. The molecular formula is C18H25N3. The van der Waals surface area contributed by atoms with Gasteiger partial charge in [0.15, 0.2) is 0 Å². The molecule has 1 aromatic carbocycles. The molecule has 112 valence electrons. The lowest BCUT2D eigenvalue weighted by atomic mass is 9.73. The second-order valence-corrected chi connectivity index (χ2v) is 7.76. The molecule has 2 heterocycles. The average Bonchev–Trinajstić information content (AvgIpc) is 2.72. The minimum atomic E-state index is 0.179. The van der Waals surface area contributed by atoms with Gasteiger partial charge in [0.05, 0.1) is 11.6 Å². The third kappa shape index (κ3) is 2.53. The number of nitrogens with zero attached hydrogens (tertiary/aromatic N) is 2. The minimum Gasteiger partial charge on any atom is -0.370 e. The first-order valence-electron chi connectivity index (χ1n) is 7.95. The summed E-state index contributed by atoms with van der Waals surface area (Å²) in [7, 11) is 0. The summed E-state index contributed by atoms with van der Waals surface area (Å²) in [6.07, 6.45) is 2.28. The van der Waals surface area contributed by atoms with Crippen molar-refractivity contribution in [3.63, 3.8) is 0 Å². The van der Waals surface area contributed by atoms with E-state index in [1.165, 1.54) is 11.3 Å². The first-order valence-corrected chi connectivity index (χ1v) is 7.95. The molecule has 1 N–H and O–H groups in total. The number of piperidine rings is 1. The van der Waals surface area contributed by atoms with E-state index >= 15 is 0 Å². The molecule has 2 aliphatic rings. The standard InChI is InChI=1S/C18H25N3/c1-17(2,3)12-21-13-18(7-9-20-10-8-18)16-14(11-19)5-4-6-15(16)21/h4-6,20H,7-10,12-13H2,1-3H3. The smallest absolute Gasteiger partial charge is 0.0995 e. The van der Waals surface area contributed by atoms with Gasteiger partial charge < -0.3 is 10.2 Å². The molecule has 0 aromatic heterocycles. The minimum absolute atomic E-state index is 0.179. The van der Waals surface area contributed by atoms with Gasteiger partial charge in [0.1, 0.15) is 0 Å². The van der Waals surface area contributed by atoms with Gasteiger partial charge in [-0.2, -0.15) is 5.26 Å². The van der Waals surface area contributed by atoms with E-state index in [9.17, 15) is 5.26 Å². The molecule has 0 amide bonds. The number of rotatable bonds is 1. The van der Waals surface area contributed by atoms with Crippen LogP contribution in [0.5, 0.6) is 0 Å². The van der Waals surface area contributed by atoms with Gasteiger partial charge in [0.2, 0.25) is 0 Å². The molecule has 3 heteroatoms. The van der Waals surface area contributed by atoms with Gasteiger partial charge in [-0.25, -0.2) is 0 Å².